The first-order valence-electron chi connectivity index (χ1n) is 21.1. The van der Waals surface area contributed by atoms with Crippen LogP contribution in [-0.4, -0.2) is 113 Å². The number of ether oxygens (including phenoxy) is 1. The topological polar surface area (TPSA) is 181 Å². The smallest absolute Gasteiger partial charge is 0.289 e. The molecule has 4 saturated heterocycles. The number of hydrogen-bond acceptors (Lipinski definition) is 12. The van der Waals surface area contributed by atoms with E-state index in [1.807, 2.05) is 6.07 Å². The fourth-order valence-corrected chi connectivity index (χ4v) is 10.1. The molecule has 1 aliphatic carbocycles. The maximum absolute atomic E-state index is 13.3. The lowest BCUT2D eigenvalue weighted by Gasteiger charge is -2.55. The van der Waals surface area contributed by atoms with Crippen molar-refractivity contribution < 1.29 is 28.7 Å². The first-order chi connectivity index (χ1) is 29.0. The second-order valence-corrected chi connectivity index (χ2v) is 17.8. The van der Waals surface area contributed by atoms with Gasteiger partial charge in [0.1, 0.15) is 17.9 Å². The van der Waals surface area contributed by atoms with Gasteiger partial charge < -0.3 is 24.8 Å². The quantitative estimate of drug-likeness (QED) is 0.292. The summed E-state index contributed by atoms with van der Waals surface area (Å²) < 4.78 is 6.08. The third-order valence-corrected chi connectivity index (χ3v) is 13.8. The molecule has 1 saturated carbocycles. The van der Waals surface area contributed by atoms with Crippen molar-refractivity contribution in [3.63, 3.8) is 0 Å². The Morgan fingerprint density at radius 3 is 2.27 bits per heavy atom. The van der Waals surface area contributed by atoms with Crippen LogP contribution in [0.3, 0.4) is 0 Å². The van der Waals surface area contributed by atoms with Crippen LogP contribution in [0.5, 0.6) is 5.75 Å². The summed E-state index contributed by atoms with van der Waals surface area (Å²) >= 11 is 6.15. The molecular weight excluding hydrogens is 786 g/mol. The number of nitrogens with one attached hydrogen (secondary N) is 2. The predicted octanol–water partition coefficient (Wildman–Crippen LogP) is 4.34. The number of carbonyl (C=O) groups is 5. The van der Waals surface area contributed by atoms with E-state index < -0.39 is 23.8 Å². The minimum atomic E-state index is -0.966. The van der Waals surface area contributed by atoms with Gasteiger partial charge in [0.05, 0.1) is 45.9 Å². The van der Waals surface area contributed by atoms with Gasteiger partial charge in [0.2, 0.25) is 17.6 Å². The second-order valence-electron chi connectivity index (χ2n) is 17.3. The van der Waals surface area contributed by atoms with Crippen molar-refractivity contribution in [1.29, 1.82) is 5.26 Å². The molecule has 5 fully saturated rings. The second kappa shape index (κ2) is 16.5. The summed E-state index contributed by atoms with van der Waals surface area (Å²) in [6.07, 6.45) is 11.4. The molecular formula is C44H48ClN9O6. The van der Waals surface area contributed by atoms with Crippen molar-refractivity contribution in [3.8, 4) is 11.8 Å². The van der Waals surface area contributed by atoms with Crippen LogP contribution in [0.15, 0.2) is 48.8 Å². The van der Waals surface area contributed by atoms with Crippen LogP contribution < -0.4 is 25.2 Å². The van der Waals surface area contributed by atoms with Crippen LogP contribution in [0, 0.1) is 22.7 Å². The molecule has 0 radical (unpaired) electrons. The molecule has 5 aliphatic heterocycles. The summed E-state index contributed by atoms with van der Waals surface area (Å²) in [5.41, 5.74) is 3.14. The minimum absolute atomic E-state index is 0.0212. The molecule has 1 unspecified atom stereocenters. The van der Waals surface area contributed by atoms with Gasteiger partial charge in [0.25, 0.3) is 17.7 Å². The number of benzene rings is 2. The van der Waals surface area contributed by atoms with Crippen LogP contribution in [0.2, 0.25) is 5.02 Å². The van der Waals surface area contributed by atoms with Gasteiger partial charge in [0.15, 0.2) is 0 Å². The molecule has 3 aromatic rings. The standard InChI is InChI=1S/C44H48ClN9O6/c45-36-20-33(5-1-28(36)21-46)60-32-6-2-29(3-7-32)49-41(57)39-47-22-31(23-48-39)52-15-11-27(12-16-52)24-51-17-13-44(14-18-51)25-53(26-44)30-4-8-34-35(19-30)43(59)54(42(34)58)37-9-10-38(55)50-40(37)56/h1,4-5,8,19-20,22-23,27,29,32,37H,2-3,6-7,9-18,24-26H2,(H,49,57)(H,50,55,56)/t29-,32-,37?. The van der Waals surface area contributed by atoms with Gasteiger partial charge in [-0.1, -0.05) is 11.6 Å². The molecule has 2 aromatic carbocycles. The zero-order chi connectivity index (χ0) is 41.5. The van der Waals surface area contributed by atoms with E-state index in [0.29, 0.717) is 33.4 Å². The molecule has 0 bridgehead atoms. The van der Waals surface area contributed by atoms with E-state index in [1.54, 1.807) is 42.7 Å². The lowest BCUT2D eigenvalue weighted by Crippen LogP contribution is -2.60. The third kappa shape index (κ3) is 8.02. The first-order valence-corrected chi connectivity index (χ1v) is 21.5. The number of rotatable bonds is 9. The highest BCUT2D eigenvalue weighted by Crippen LogP contribution is 2.44. The van der Waals surface area contributed by atoms with Gasteiger partial charge in [-0.3, -0.25) is 34.2 Å². The number of likely N-dealkylation sites (tertiary alicyclic amines) is 1. The number of nitriles is 1. The first kappa shape index (κ1) is 39.8. The van der Waals surface area contributed by atoms with E-state index in [4.69, 9.17) is 21.6 Å². The number of nitrogens with zero attached hydrogens (tertiary/aromatic N) is 7. The van der Waals surface area contributed by atoms with Crippen LogP contribution in [-0.2, 0) is 9.59 Å². The van der Waals surface area contributed by atoms with Crippen molar-refractivity contribution in [1.82, 2.24) is 30.4 Å². The molecule has 1 atom stereocenters. The molecule has 16 heteroatoms. The molecule has 2 N–H and O–H groups in total. The number of piperidine rings is 3. The van der Waals surface area contributed by atoms with Crippen molar-refractivity contribution >= 4 is 52.5 Å². The summed E-state index contributed by atoms with van der Waals surface area (Å²) in [5.74, 6) is -0.772. The van der Waals surface area contributed by atoms with Gasteiger partial charge in [-0.15, -0.1) is 0 Å². The number of amides is 5. The zero-order valence-corrected chi connectivity index (χ0v) is 34.2. The Labute approximate surface area is 353 Å². The number of carbonyl (C=O) groups excluding carboxylic acids is 5. The summed E-state index contributed by atoms with van der Waals surface area (Å²) in [6.45, 7) is 6.88. The molecule has 312 valence electrons. The number of halogens is 1. The molecule has 1 spiro atoms. The summed E-state index contributed by atoms with van der Waals surface area (Å²) in [7, 11) is 0. The van der Waals surface area contributed by atoms with E-state index in [-0.39, 0.29) is 48.0 Å². The average Bonchev–Trinajstić information content (AvgIpc) is 3.49. The largest absolute Gasteiger partial charge is 0.490 e. The number of hydrogen-bond donors (Lipinski definition) is 2. The highest BCUT2D eigenvalue weighted by atomic mass is 35.5. The van der Waals surface area contributed by atoms with Gasteiger partial charge in [0, 0.05) is 62.4 Å². The number of fused-ring (bicyclic) bond motifs is 1. The highest BCUT2D eigenvalue weighted by Gasteiger charge is 2.47. The normalized spacial score (nSPS) is 24.5. The number of anilines is 2. The highest BCUT2D eigenvalue weighted by molar-refractivity contribution is 6.31. The minimum Gasteiger partial charge on any atom is -0.490 e. The lowest BCUT2D eigenvalue weighted by molar-refractivity contribution is -0.136. The van der Waals surface area contributed by atoms with Crippen LogP contribution in [0.1, 0.15) is 101 Å². The Bertz CT molecular complexity index is 2230. The SMILES string of the molecule is N#Cc1ccc(O[C@H]2CC[C@H](NC(=O)c3ncc(N4CCC(CN5CCC6(CC5)CN(c5ccc7c(c5)C(=O)N(C5CCC(=O)NC5=O)C7=O)C6)CC4)cn3)CC2)cc1Cl. The molecule has 6 aliphatic rings. The van der Waals surface area contributed by atoms with E-state index >= 15 is 0 Å². The summed E-state index contributed by atoms with van der Waals surface area (Å²) in [5, 5.41) is 14.8. The Hall–Kier alpha value is -5.59. The Balaban J connectivity index is 0.683. The molecule has 6 heterocycles. The van der Waals surface area contributed by atoms with Gasteiger partial charge in [-0.25, -0.2) is 9.97 Å². The van der Waals surface area contributed by atoms with E-state index in [2.05, 4.69) is 41.4 Å². The zero-order valence-electron chi connectivity index (χ0n) is 33.4. The molecule has 15 nitrogen and oxygen atoms in total. The molecule has 5 amide bonds. The van der Waals surface area contributed by atoms with E-state index in [9.17, 15) is 24.0 Å². The Morgan fingerprint density at radius 2 is 1.58 bits per heavy atom. The van der Waals surface area contributed by atoms with Crippen molar-refractivity contribution in [2.24, 2.45) is 11.3 Å². The Kier molecular flexibility index (Phi) is 10.9. The maximum atomic E-state index is 13.3. The van der Waals surface area contributed by atoms with Crippen LogP contribution in [0.25, 0.3) is 0 Å². The fourth-order valence-electron chi connectivity index (χ4n) is 9.90. The van der Waals surface area contributed by atoms with Gasteiger partial charge in [-0.2, -0.15) is 5.26 Å². The third-order valence-electron chi connectivity index (χ3n) is 13.5. The van der Waals surface area contributed by atoms with Gasteiger partial charge in [-0.05, 0) is 107 Å². The molecule has 1 aromatic heterocycles. The van der Waals surface area contributed by atoms with Crippen molar-refractivity contribution in [2.45, 2.75) is 82.4 Å². The number of aromatic nitrogens is 2. The van der Waals surface area contributed by atoms with Crippen molar-refractivity contribution in [3.05, 3.63) is 76.3 Å². The van der Waals surface area contributed by atoms with E-state index in [0.717, 1.165) is 113 Å². The molecule has 60 heavy (non-hydrogen) atoms. The fraction of sp³-hybridized carbons (Fsp3) is 0.500. The average molecular weight is 834 g/mol. The van der Waals surface area contributed by atoms with Crippen LogP contribution >= 0.6 is 11.6 Å². The molecule has 9 rings (SSSR count). The lowest BCUT2D eigenvalue weighted by atomic mass is 9.71. The maximum Gasteiger partial charge on any atom is 0.289 e. The number of imide groups is 2. The van der Waals surface area contributed by atoms with Gasteiger partial charge >= 0.3 is 0 Å². The van der Waals surface area contributed by atoms with Crippen LogP contribution in [0.4, 0.5) is 11.4 Å². The Morgan fingerprint density at radius 1 is 0.867 bits per heavy atom. The summed E-state index contributed by atoms with van der Waals surface area (Å²) in [6, 6.07) is 11.6. The predicted molar refractivity (Wildman–Crippen MR) is 221 cm³/mol. The summed E-state index contributed by atoms with van der Waals surface area (Å²) in [4.78, 5) is 80.6. The van der Waals surface area contributed by atoms with Crippen molar-refractivity contribution in [2.75, 3.05) is 55.6 Å². The monoisotopic (exact) mass is 833 g/mol. The van der Waals surface area contributed by atoms with E-state index in [1.165, 1.54) is 0 Å².